The lowest BCUT2D eigenvalue weighted by molar-refractivity contribution is 0.385. The minimum Gasteiger partial charge on any atom is -0.360 e. The Morgan fingerprint density at radius 1 is 1.44 bits per heavy atom. The average molecular weight is 273 g/mol. The third-order valence-corrected chi connectivity index (χ3v) is 5.27. The summed E-state index contributed by atoms with van der Waals surface area (Å²) < 4.78 is 31.7. The maximum atomic E-state index is 12.6. The summed E-state index contributed by atoms with van der Waals surface area (Å²) in [6.45, 7) is 4.23. The van der Waals surface area contributed by atoms with Crippen molar-refractivity contribution in [2.45, 2.75) is 44.0 Å². The second-order valence-corrected chi connectivity index (χ2v) is 6.47. The normalized spacial score (nSPS) is 16.4. The van der Waals surface area contributed by atoms with Crippen LogP contribution in [0, 0.1) is 13.8 Å². The van der Waals surface area contributed by atoms with Gasteiger partial charge in [-0.1, -0.05) is 5.16 Å². The maximum Gasteiger partial charge on any atom is 0.248 e. The Morgan fingerprint density at radius 3 is 2.56 bits per heavy atom. The number of nitrogens with zero attached hydrogens (tertiary/aromatic N) is 2. The monoisotopic (exact) mass is 273 g/mol. The van der Waals surface area contributed by atoms with Gasteiger partial charge in [0.15, 0.2) is 5.76 Å². The molecule has 102 valence electrons. The first kappa shape index (κ1) is 13.5. The molecule has 1 saturated carbocycles. The molecule has 1 fully saturated rings. The summed E-state index contributed by atoms with van der Waals surface area (Å²) in [4.78, 5) is 0.214. The Labute approximate surface area is 107 Å². The van der Waals surface area contributed by atoms with E-state index in [2.05, 4.69) is 5.16 Å². The van der Waals surface area contributed by atoms with Crippen LogP contribution >= 0.6 is 0 Å². The van der Waals surface area contributed by atoms with E-state index in [-0.39, 0.29) is 10.9 Å². The molecule has 1 heterocycles. The highest BCUT2D eigenvalue weighted by molar-refractivity contribution is 7.89. The van der Waals surface area contributed by atoms with Gasteiger partial charge >= 0.3 is 0 Å². The molecule has 0 unspecified atom stereocenters. The van der Waals surface area contributed by atoms with Gasteiger partial charge in [-0.05, 0) is 39.7 Å². The van der Waals surface area contributed by atoms with E-state index in [0.29, 0.717) is 31.0 Å². The number of rotatable bonds is 6. The zero-order chi connectivity index (χ0) is 13.3. The summed E-state index contributed by atoms with van der Waals surface area (Å²) >= 11 is 0. The summed E-state index contributed by atoms with van der Waals surface area (Å²) in [5.74, 6) is 0.353. The van der Waals surface area contributed by atoms with Gasteiger partial charge in [-0.3, -0.25) is 0 Å². The molecule has 0 aromatic carbocycles. The summed E-state index contributed by atoms with van der Waals surface area (Å²) in [5, 5.41) is 3.72. The fourth-order valence-electron chi connectivity index (χ4n) is 2.07. The zero-order valence-corrected chi connectivity index (χ0v) is 11.5. The van der Waals surface area contributed by atoms with Crippen LogP contribution in [0.15, 0.2) is 9.42 Å². The quantitative estimate of drug-likeness (QED) is 0.827. The minimum atomic E-state index is -3.51. The Kier molecular flexibility index (Phi) is 3.74. The largest absolute Gasteiger partial charge is 0.360 e. The number of sulfonamides is 1. The molecular formula is C11H19N3O3S. The highest BCUT2D eigenvalue weighted by atomic mass is 32.2. The first-order valence-corrected chi connectivity index (χ1v) is 7.57. The molecule has 0 aliphatic heterocycles. The van der Waals surface area contributed by atoms with Crippen LogP contribution in [-0.4, -0.2) is 37.0 Å². The van der Waals surface area contributed by atoms with E-state index in [1.165, 1.54) is 0 Å². The van der Waals surface area contributed by atoms with Crippen molar-refractivity contribution in [1.82, 2.24) is 9.46 Å². The number of nitrogens with two attached hydrogens (primary N) is 1. The molecule has 0 bridgehead atoms. The van der Waals surface area contributed by atoms with Crippen molar-refractivity contribution in [2.75, 3.05) is 13.1 Å². The van der Waals surface area contributed by atoms with E-state index >= 15 is 0 Å². The standard InChI is InChI=1S/C11H19N3O3S/c1-8-11(9(2)17-13-8)18(15,16)14(7-3-6-12)10-4-5-10/h10H,3-7,12H2,1-2H3. The van der Waals surface area contributed by atoms with Crippen LogP contribution in [-0.2, 0) is 10.0 Å². The molecular weight excluding hydrogens is 254 g/mol. The van der Waals surface area contributed by atoms with Crippen LogP contribution in [0.1, 0.15) is 30.7 Å². The maximum absolute atomic E-state index is 12.6. The molecule has 0 amide bonds. The highest BCUT2D eigenvalue weighted by Gasteiger charge is 2.40. The van der Waals surface area contributed by atoms with E-state index in [1.807, 2.05) is 0 Å². The predicted molar refractivity (Wildman–Crippen MR) is 66.6 cm³/mol. The number of aryl methyl sites for hydroxylation is 2. The van der Waals surface area contributed by atoms with E-state index < -0.39 is 10.0 Å². The third kappa shape index (κ3) is 2.43. The Bertz CT molecular complexity index is 500. The molecule has 0 saturated heterocycles. The van der Waals surface area contributed by atoms with Crippen molar-refractivity contribution in [3.05, 3.63) is 11.5 Å². The van der Waals surface area contributed by atoms with E-state index in [1.54, 1.807) is 18.2 Å². The molecule has 1 aliphatic carbocycles. The van der Waals surface area contributed by atoms with Crippen LogP contribution in [0.5, 0.6) is 0 Å². The number of hydrogen-bond donors (Lipinski definition) is 1. The SMILES string of the molecule is Cc1noc(C)c1S(=O)(=O)N(CCCN)C1CC1. The molecule has 18 heavy (non-hydrogen) atoms. The van der Waals surface area contributed by atoms with E-state index in [4.69, 9.17) is 10.3 Å². The van der Waals surface area contributed by atoms with E-state index in [0.717, 1.165) is 12.8 Å². The van der Waals surface area contributed by atoms with Crippen LogP contribution in [0.2, 0.25) is 0 Å². The van der Waals surface area contributed by atoms with Gasteiger partial charge in [0.05, 0.1) is 0 Å². The van der Waals surface area contributed by atoms with E-state index in [9.17, 15) is 8.42 Å². The summed E-state index contributed by atoms with van der Waals surface area (Å²) in [5.41, 5.74) is 5.89. The predicted octanol–water partition coefficient (Wildman–Crippen LogP) is 0.793. The van der Waals surface area contributed by atoms with Gasteiger partial charge < -0.3 is 10.3 Å². The Morgan fingerprint density at radius 2 is 2.11 bits per heavy atom. The first-order valence-electron chi connectivity index (χ1n) is 6.13. The fraction of sp³-hybridized carbons (Fsp3) is 0.727. The molecule has 7 heteroatoms. The van der Waals surface area contributed by atoms with Crippen LogP contribution < -0.4 is 5.73 Å². The number of hydrogen-bond acceptors (Lipinski definition) is 5. The topological polar surface area (TPSA) is 89.4 Å². The average Bonchev–Trinajstić information content (AvgIpc) is 3.05. The Hall–Kier alpha value is -0.920. The van der Waals surface area contributed by atoms with Gasteiger partial charge in [0.1, 0.15) is 10.6 Å². The van der Waals surface area contributed by atoms with Crippen LogP contribution in [0.4, 0.5) is 0 Å². The van der Waals surface area contributed by atoms with Crippen molar-refractivity contribution in [1.29, 1.82) is 0 Å². The fourth-order valence-corrected chi connectivity index (χ4v) is 4.09. The number of aromatic nitrogens is 1. The second kappa shape index (κ2) is 4.99. The van der Waals surface area contributed by atoms with Gasteiger partial charge in [-0.15, -0.1) is 0 Å². The molecule has 2 N–H and O–H groups in total. The van der Waals surface area contributed by atoms with Gasteiger partial charge in [-0.2, -0.15) is 4.31 Å². The van der Waals surface area contributed by atoms with Crippen LogP contribution in [0.25, 0.3) is 0 Å². The highest BCUT2D eigenvalue weighted by Crippen LogP contribution is 2.33. The van der Waals surface area contributed by atoms with Crippen LogP contribution in [0.3, 0.4) is 0 Å². The lowest BCUT2D eigenvalue weighted by atomic mass is 10.4. The molecule has 1 aromatic heterocycles. The molecule has 0 spiro atoms. The minimum absolute atomic E-state index is 0.121. The van der Waals surface area contributed by atoms with Crippen molar-refractivity contribution >= 4 is 10.0 Å². The summed E-state index contributed by atoms with van der Waals surface area (Å²) in [7, 11) is -3.51. The van der Waals surface area contributed by atoms with Gasteiger partial charge in [0.2, 0.25) is 10.0 Å². The molecule has 0 radical (unpaired) electrons. The summed E-state index contributed by atoms with van der Waals surface area (Å²) in [6, 6.07) is 0.121. The molecule has 1 aromatic rings. The van der Waals surface area contributed by atoms with Crippen molar-refractivity contribution in [3.8, 4) is 0 Å². The summed E-state index contributed by atoms with van der Waals surface area (Å²) in [6.07, 6.45) is 2.51. The van der Waals surface area contributed by atoms with Gasteiger partial charge in [0, 0.05) is 12.6 Å². The van der Waals surface area contributed by atoms with Gasteiger partial charge in [-0.25, -0.2) is 8.42 Å². The first-order chi connectivity index (χ1) is 8.48. The lowest BCUT2D eigenvalue weighted by Gasteiger charge is -2.21. The second-order valence-electron chi connectivity index (χ2n) is 4.64. The zero-order valence-electron chi connectivity index (χ0n) is 10.7. The lowest BCUT2D eigenvalue weighted by Crippen LogP contribution is -2.35. The smallest absolute Gasteiger partial charge is 0.248 e. The molecule has 0 atom stereocenters. The Balaban J connectivity index is 2.33. The molecule has 1 aliphatic rings. The van der Waals surface area contributed by atoms with Crippen molar-refractivity contribution < 1.29 is 12.9 Å². The van der Waals surface area contributed by atoms with Crippen molar-refractivity contribution in [2.24, 2.45) is 5.73 Å². The third-order valence-electron chi connectivity index (χ3n) is 3.07. The van der Waals surface area contributed by atoms with Crippen molar-refractivity contribution in [3.63, 3.8) is 0 Å². The molecule has 2 rings (SSSR count). The molecule has 6 nitrogen and oxygen atoms in total. The van der Waals surface area contributed by atoms with Gasteiger partial charge in [0.25, 0.3) is 0 Å².